The molecule has 150 valence electrons. The van der Waals surface area contributed by atoms with Crippen LogP contribution in [0.5, 0.6) is 5.75 Å². The van der Waals surface area contributed by atoms with Gasteiger partial charge in [0, 0.05) is 30.5 Å². The largest absolute Gasteiger partial charge is 0.497 e. The molecule has 8 heteroatoms. The normalized spacial score (nSPS) is 10.6. The van der Waals surface area contributed by atoms with Crippen molar-refractivity contribution >= 4 is 23.6 Å². The van der Waals surface area contributed by atoms with Gasteiger partial charge in [-0.15, -0.1) is 0 Å². The van der Waals surface area contributed by atoms with Crippen LogP contribution in [0, 0.1) is 0 Å². The van der Waals surface area contributed by atoms with Crippen LogP contribution in [0.15, 0.2) is 48.5 Å². The number of hydrogen-bond acceptors (Lipinski definition) is 6. The van der Waals surface area contributed by atoms with Crippen molar-refractivity contribution in [3.63, 3.8) is 0 Å². The van der Waals surface area contributed by atoms with Crippen LogP contribution in [-0.4, -0.2) is 42.7 Å². The molecule has 0 aliphatic rings. The fourth-order valence-electron chi connectivity index (χ4n) is 3.09. The number of aromatic nitrogens is 2. The molecular formula is C21H23N5O3. The first-order valence-corrected chi connectivity index (χ1v) is 9.02. The zero-order valence-corrected chi connectivity index (χ0v) is 16.3. The molecule has 0 fully saturated rings. The highest BCUT2D eigenvalue weighted by atomic mass is 16.5. The Labute approximate surface area is 168 Å². The van der Waals surface area contributed by atoms with Crippen molar-refractivity contribution in [2.24, 2.45) is 5.73 Å². The second-order valence-corrected chi connectivity index (χ2v) is 6.57. The van der Waals surface area contributed by atoms with Gasteiger partial charge in [0.1, 0.15) is 11.4 Å². The van der Waals surface area contributed by atoms with Gasteiger partial charge in [-0.3, -0.25) is 9.59 Å². The van der Waals surface area contributed by atoms with E-state index in [1.54, 1.807) is 31.4 Å². The van der Waals surface area contributed by atoms with E-state index in [1.165, 1.54) is 4.68 Å². The smallest absolute Gasteiger partial charge is 0.269 e. The Kier molecular flexibility index (Phi) is 5.82. The molecular weight excluding hydrogens is 370 g/mol. The van der Waals surface area contributed by atoms with Gasteiger partial charge in [-0.05, 0) is 55.0 Å². The first-order chi connectivity index (χ1) is 13.9. The van der Waals surface area contributed by atoms with E-state index in [-0.39, 0.29) is 5.69 Å². The standard InChI is InChI=1S/C21H23N5O3/c1-25(15-5-3-14(22)4-6-15)12-11-18-19(13-27)26(24-20(18)21(23)28)16-7-9-17(29-2)10-8-16/h3-10,13H,11-12,22H2,1-2H3,(H2,23,28). The Hall–Kier alpha value is -3.81. The lowest BCUT2D eigenvalue weighted by molar-refractivity contribution is 0.0994. The van der Waals surface area contributed by atoms with Gasteiger partial charge in [0.2, 0.25) is 0 Å². The number of primary amides is 1. The topological polar surface area (TPSA) is 116 Å². The number of nitrogen functional groups attached to an aromatic ring is 1. The molecule has 29 heavy (non-hydrogen) atoms. The zero-order valence-electron chi connectivity index (χ0n) is 16.3. The van der Waals surface area contributed by atoms with Crippen molar-refractivity contribution in [3.8, 4) is 11.4 Å². The summed E-state index contributed by atoms with van der Waals surface area (Å²) in [4.78, 5) is 25.8. The molecule has 0 spiro atoms. The van der Waals surface area contributed by atoms with Crippen LogP contribution in [0.1, 0.15) is 26.5 Å². The Bertz CT molecular complexity index is 1010. The number of hydrogen-bond donors (Lipinski definition) is 2. The maximum Gasteiger partial charge on any atom is 0.269 e. The Morgan fingerprint density at radius 1 is 1.17 bits per heavy atom. The molecule has 0 atom stereocenters. The summed E-state index contributed by atoms with van der Waals surface area (Å²) < 4.78 is 6.59. The van der Waals surface area contributed by atoms with Gasteiger partial charge in [0.05, 0.1) is 12.8 Å². The second kappa shape index (κ2) is 8.47. The van der Waals surface area contributed by atoms with E-state index in [0.29, 0.717) is 47.6 Å². The second-order valence-electron chi connectivity index (χ2n) is 6.57. The van der Waals surface area contributed by atoms with Crippen LogP contribution in [0.2, 0.25) is 0 Å². The van der Waals surface area contributed by atoms with Crippen molar-refractivity contribution in [3.05, 3.63) is 65.5 Å². The van der Waals surface area contributed by atoms with Crippen LogP contribution < -0.4 is 21.1 Å². The fraction of sp³-hybridized carbons (Fsp3) is 0.190. The lowest BCUT2D eigenvalue weighted by Gasteiger charge is -2.19. The first kappa shape index (κ1) is 19.9. The van der Waals surface area contributed by atoms with Crippen molar-refractivity contribution in [1.82, 2.24) is 9.78 Å². The molecule has 3 aromatic rings. The number of aldehydes is 1. The van der Waals surface area contributed by atoms with E-state index in [4.69, 9.17) is 16.2 Å². The van der Waals surface area contributed by atoms with Gasteiger partial charge < -0.3 is 21.1 Å². The first-order valence-electron chi connectivity index (χ1n) is 9.02. The third kappa shape index (κ3) is 4.21. The highest BCUT2D eigenvalue weighted by Crippen LogP contribution is 2.22. The summed E-state index contributed by atoms with van der Waals surface area (Å²) in [5.74, 6) is -0.000436. The lowest BCUT2D eigenvalue weighted by atomic mass is 10.1. The van der Waals surface area contributed by atoms with E-state index in [2.05, 4.69) is 5.10 Å². The average molecular weight is 393 g/mol. The minimum absolute atomic E-state index is 0.0913. The molecule has 4 N–H and O–H groups in total. The summed E-state index contributed by atoms with van der Waals surface area (Å²) in [7, 11) is 3.49. The number of carbonyl (C=O) groups excluding carboxylic acids is 2. The fourth-order valence-corrected chi connectivity index (χ4v) is 3.09. The van der Waals surface area contributed by atoms with Crippen molar-refractivity contribution in [1.29, 1.82) is 0 Å². The maximum atomic E-state index is 12.0. The van der Waals surface area contributed by atoms with Crippen molar-refractivity contribution in [2.45, 2.75) is 6.42 Å². The number of amides is 1. The van der Waals surface area contributed by atoms with Crippen LogP contribution in [0.4, 0.5) is 11.4 Å². The van der Waals surface area contributed by atoms with E-state index in [9.17, 15) is 9.59 Å². The van der Waals surface area contributed by atoms with E-state index in [0.717, 1.165) is 5.69 Å². The Morgan fingerprint density at radius 3 is 2.38 bits per heavy atom. The summed E-state index contributed by atoms with van der Waals surface area (Å²) in [5.41, 5.74) is 14.5. The molecule has 0 aliphatic heterocycles. The number of methoxy groups -OCH3 is 1. The quantitative estimate of drug-likeness (QED) is 0.447. The zero-order chi connectivity index (χ0) is 21.0. The van der Waals surface area contributed by atoms with Crippen LogP contribution >= 0.6 is 0 Å². The van der Waals surface area contributed by atoms with E-state index >= 15 is 0 Å². The third-order valence-electron chi connectivity index (χ3n) is 4.72. The van der Waals surface area contributed by atoms with Crippen molar-refractivity contribution < 1.29 is 14.3 Å². The molecule has 0 saturated carbocycles. The van der Waals surface area contributed by atoms with Crippen LogP contribution in [0.3, 0.4) is 0 Å². The molecule has 3 rings (SSSR count). The van der Waals surface area contributed by atoms with Gasteiger partial charge >= 0.3 is 0 Å². The van der Waals surface area contributed by atoms with E-state index in [1.807, 2.05) is 36.2 Å². The van der Waals surface area contributed by atoms with Crippen LogP contribution in [0.25, 0.3) is 5.69 Å². The van der Waals surface area contributed by atoms with Gasteiger partial charge in [0.25, 0.3) is 5.91 Å². The number of nitrogens with two attached hydrogens (primary N) is 2. The van der Waals surface area contributed by atoms with Gasteiger partial charge in [-0.2, -0.15) is 5.10 Å². The maximum absolute atomic E-state index is 12.0. The number of anilines is 2. The minimum atomic E-state index is -0.675. The SMILES string of the molecule is COc1ccc(-n2nc(C(N)=O)c(CCN(C)c3ccc(N)cc3)c2C=O)cc1. The number of benzene rings is 2. The monoisotopic (exact) mass is 393 g/mol. The predicted molar refractivity (Wildman–Crippen MR) is 112 cm³/mol. The molecule has 8 nitrogen and oxygen atoms in total. The number of ether oxygens (including phenoxy) is 1. The molecule has 0 unspecified atom stereocenters. The lowest BCUT2D eigenvalue weighted by Crippen LogP contribution is -2.22. The van der Waals surface area contributed by atoms with Gasteiger partial charge in [0.15, 0.2) is 12.0 Å². The summed E-state index contributed by atoms with van der Waals surface area (Å²) in [6.45, 7) is 0.555. The minimum Gasteiger partial charge on any atom is -0.497 e. The molecule has 0 saturated heterocycles. The van der Waals surface area contributed by atoms with Gasteiger partial charge in [-0.1, -0.05) is 0 Å². The number of rotatable bonds is 8. The van der Waals surface area contributed by atoms with Crippen LogP contribution in [-0.2, 0) is 6.42 Å². The van der Waals surface area contributed by atoms with Crippen molar-refractivity contribution in [2.75, 3.05) is 31.3 Å². The molecule has 1 aromatic heterocycles. The number of nitrogens with zero attached hydrogens (tertiary/aromatic N) is 3. The molecule has 0 aliphatic carbocycles. The molecule has 1 heterocycles. The summed E-state index contributed by atoms with van der Waals surface area (Å²) in [5, 5.41) is 4.30. The highest BCUT2D eigenvalue weighted by Gasteiger charge is 2.22. The Balaban J connectivity index is 1.92. The molecule has 0 bridgehead atoms. The number of carbonyl (C=O) groups is 2. The molecule has 1 amide bonds. The third-order valence-corrected chi connectivity index (χ3v) is 4.72. The summed E-state index contributed by atoms with van der Waals surface area (Å²) in [6, 6.07) is 14.5. The molecule has 2 aromatic carbocycles. The average Bonchev–Trinajstić information content (AvgIpc) is 3.11. The predicted octanol–water partition coefficient (Wildman–Crippen LogP) is 2.05. The Morgan fingerprint density at radius 2 is 1.83 bits per heavy atom. The summed E-state index contributed by atoms with van der Waals surface area (Å²) >= 11 is 0. The molecule has 0 radical (unpaired) electrons. The van der Waals surface area contributed by atoms with E-state index < -0.39 is 5.91 Å². The highest BCUT2D eigenvalue weighted by molar-refractivity contribution is 5.95. The summed E-state index contributed by atoms with van der Waals surface area (Å²) in [6.07, 6.45) is 1.12. The van der Waals surface area contributed by atoms with Gasteiger partial charge in [-0.25, -0.2) is 4.68 Å². The number of likely N-dealkylation sites (N-methyl/N-ethyl adjacent to an activating group) is 1.